The summed E-state index contributed by atoms with van der Waals surface area (Å²) >= 11 is 1.77. The lowest BCUT2D eigenvalue weighted by Gasteiger charge is -2.14. The molecule has 0 aliphatic carbocycles. The standard InChI is InChI=1S/C50H29N3S/c1-2-14-33-29-34(24-23-30(33)11-1)47-49-48(40-17-7-8-22-44(40)54-49)52-50(51-47)39-20-9-19-38-37(39)18-10-21-41(38)53-42-27-25-31-12-3-5-15-35(31)45(42)46-36-16-6-4-13-32(36)26-28-43(46)53/h1-29H. The first-order chi connectivity index (χ1) is 26.8. The Morgan fingerprint density at radius 1 is 0.426 bits per heavy atom. The topological polar surface area (TPSA) is 30.7 Å². The Bertz CT molecular complexity index is 3420. The first-order valence-corrected chi connectivity index (χ1v) is 19.1. The van der Waals surface area contributed by atoms with Crippen LogP contribution in [-0.2, 0) is 0 Å². The van der Waals surface area contributed by atoms with Gasteiger partial charge in [0.1, 0.15) is 0 Å². The third-order valence-corrected chi connectivity index (χ3v) is 12.3. The molecule has 3 aromatic heterocycles. The molecule has 250 valence electrons. The maximum absolute atomic E-state index is 5.45. The van der Waals surface area contributed by atoms with E-state index in [1.165, 1.54) is 58.8 Å². The van der Waals surface area contributed by atoms with Crippen molar-refractivity contribution in [3.05, 3.63) is 176 Å². The highest BCUT2D eigenvalue weighted by molar-refractivity contribution is 7.26. The molecule has 0 aliphatic rings. The summed E-state index contributed by atoms with van der Waals surface area (Å²) in [7, 11) is 0. The minimum atomic E-state index is 0.733. The van der Waals surface area contributed by atoms with Crippen molar-refractivity contribution in [1.29, 1.82) is 0 Å². The van der Waals surface area contributed by atoms with E-state index in [1.54, 1.807) is 11.3 Å². The summed E-state index contributed by atoms with van der Waals surface area (Å²) in [5, 5.41) is 13.4. The van der Waals surface area contributed by atoms with Crippen LogP contribution in [0.5, 0.6) is 0 Å². The van der Waals surface area contributed by atoms with Crippen LogP contribution in [0.2, 0.25) is 0 Å². The summed E-state index contributed by atoms with van der Waals surface area (Å²) in [6.45, 7) is 0. The monoisotopic (exact) mass is 703 g/mol. The van der Waals surface area contributed by atoms with E-state index in [4.69, 9.17) is 9.97 Å². The molecule has 0 aliphatic heterocycles. The molecule has 9 aromatic carbocycles. The molecule has 54 heavy (non-hydrogen) atoms. The Morgan fingerprint density at radius 2 is 1.02 bits per heavy atom. The van der Waals surface area contributed by atoms with Gasteiger partial charge in [0.05, 0.1) is 32.6 Å². The second-order valence-corrected chi connectivity index (χ2v) is 15.2. The Hall–Kier alpha value is -6.88. The summed E-state index contributed by atoms with van der Waals surface area (Å²) in [4.78, 5) is 10.8. The SMILES string of the molecule is c1ccc2cc(-c3nc(-c4cccc5c(-n6c7ccc8ccccc8c7c7c8ccccc8ccc76)cccc45)nc4c3sc3ccccc34)ccc2c1. The van der Waals surface area contributed by atoms with E-state index in [0.29, 0.717) is 0 Å². The molecule has 0 radical (unpaired) electrons. The zero-order valence-corrected chi connectivity index (χ0v) is 29.8. The molecular formula is C50H29N3S. The van der Waals surface area contributed by atoms with Crippen molar-refractivity contribution in [2.24, 2.45) is 0 Å². The van der Waals surface area contributed by atoms with E-state index in [0.717, 1.165) is 54.7 Å². The number of fused-ring (bicyclic) bond motifs is 12. The molecule has 12 rings (SSSR count). The van der Waals surface area contributed by atoms with Crippen LogP contribution < -0.4 is 0 Å². The quantitative estimate of drug-likeness (QED) is 0.183. The predicted octanol–water partition coefficient (Wildman–Crippen LogP) is 13.9. The number of benzene rings is 9. The molecule has 0 unspecified atom stereocenters. The lowest BCUT2D eigenvalue weighted by Crippen LogP contribution is -1.98. The van der Waals surface area contributed by atoms with Gasteiger partial charge >= 0.3 is 0 Å². The van der Waals surface area contributed by atoms with Gasteiger partial charge in [-0.3, -0.25) is 0 Å². The minimum Gasteiger partial charge on any atom is -0.309 e. The maximum Gasteiger partial charge on any atom is 0.161 e. The summed E-state index contributed by atoms with van der Waals surface area (Å²) in [6, 6.07) is 63.7. The lowest BCUT2D eigenvalue weighted by molar-refractivity contribution is 1.20. The fraction of sp³-hybridized carbons (Fsp3) is 0. The minimum absolute atomic E-state index is 0.733. The highest BCUT2D eigenvalue weighted by Gasteiger charge is 2.21. The van der Waals surface area contributed by atoms with Crippen LogP contribution in [0.25, 0.3) is 114 Å². The molecule has 0 fully saturated rings. The molecule has 3 nitrogen and oxygen atoms in total. The van der Waals surface area contributed by atoms with Gasteiger partial charge in [-0.15, -0.1) is 11.3 Å². The summed E-state index contributed by atoms with van der Waals surface area (Å²) in [5.74, 6) is 0.733. The van der Waals surface area contributed by atoms with Crippen LogP contribution in [0.15, 0.2) is 176 Å². The average Bonchev–Trinajstić information content (AvgIpc) is 3.79. The van der Waals surface area contributed by atoms with Gasteiger partial charge in [-0.05, 0) is 68.0 Å². The fourth-order valence-electron chi connectivity index (χ4n) is 8.73. The van der Waals surface area contributed by atoms with Crippen LogP contribution in [0.3, 0.4) is 0 Å². The van der Waals surface area contributed by atoms with Crippen molar-refractivity contribution in [2.75, 3.05) is 0 Å². The van der Waals surface area contributed by atoms with Crippen molar-refractivity contribution in [3.8, 4) is 28.3 Å². The maximum atomic E-state index is 5.45. The average molecular weight is 704 g/mol. The Balaban J connectivity index is 1.15. The number of hydrogen-bond donors (Lipinski definition) is 0. The van der Waals surface area contributed by atoms with Gasteiger partial charge in [0.2, 0.25) is 0 Å². The smallest absolute Gasteiger partial charge is 0.161 e. The highest BCUT2D eigenvalue weighted by Crippen LogP contribution is 2.44. The molecule has 12 aromatic rings. The second-order valence-electron chi connectivity index (χ2n) is 14.1. The van der Waals surface area contributed by atoms with Gasteiger partial charge in [-0.1, -0.05) is 146 Å². The fourth-order valence-corrected chi connectivity index (χ4v) is 9.89. The van der Waals surface area contributed by atoms with E-state index >= 15 is 0 Å². The highest BCUT2D eigenvalue weighted by atomic mass is 32.1. The second kappa shape index (κ2) is 11.3. The van der Waals surface area contributed by atoms with Gasteiger partial charge < -0.3 is 4.57 Å². The number of rotatable bonds is 3. The molecule has 0 amide bonds. The molecule has 0 atom stereocenters. The van der Waals surface area contributed by atoms with E-state index in [2.05, 4.69) is 180 Å². The molecule has 3 heterocycles. The van der Waals surface area contributed by atoms with Gasteiger partial charge in [-0.2, -0.15) is 0 Å². The largest absolute Gasteiger partial charge is 0.309 e. The molecule has 0 saturated carbocycles. The Kier molecular flexibility index (Phi) is 6.21. The van der Waals surface area contributed by atoms with Crippen molar-refractivity contribution in [3.63, 3.8) is 0 Å². The van der Waals surface area contributed by atoms with Crippen molar-refractivity contribution in [1.82, 2.24) is 14.5 Å². The molecule has 0 spiro atoms. The molecule has 4 heteroatoms. The van der Waals surface area contributed by atoms with Gasteiger partial charge in [0, 0.05) is 37.4 Å². The Labute approximate surface area is 314 Å². The van der Waals surface area contributed by atoms with E-state index in [9.17, 15) is 0 Å². The predicted molar refractivity (Wildman–Crippen MR) is 230 cm³/mol. The van der Waals surface area contributed by atoms with Crippen LogP contribution >= 0.6 is 11.3 Å². The first kappa shape index (κ1) is 29.7. The number of aromatic nitrogens is 3. The van der Waals surface area contributed by atoms with Crippen molar-refractivity contribution in [2.45, 2.75) is 0 Å². The normalized spacial score (nSPS) is 12.1. The Morgan fingerprint density at radius 3 is 1.78 bits per heavy atom. The molecular weight excluding hydrogens is 675 g/mol. The van der Waals surface area contributed by atoms with Crippen LogP contribution in [-0.4, -0.2) is 14.5 Å². The van der Waals surface area contributed by atoms with E-state index in [1.807, 2.05) is 0 Å². The third-order valence-electron chi connectivity index (χ3n) is 11.2. The third kappa shape index (κ3) is 4.23. The lowest BCUT2D eigenvalue weighted by atomic mass is 10.00. The first-order valence-electron chi connectivity index (χ1n) is 18.3. The van der Waals surface area contributed by atoms with E-state index in [-0.39, 0.29) is 0 Å². The molecule has 0 bridgehead atoms. The molecule has 0 N–H and O–H groups in total. The number of nitrogens with zero attached hydrogens (tertiary/aromatic N) is 3. The zero-order chi connectivity index (χ0) is 35.3. The molecule has 0 saturated heterocycles. The summed E-state index contributed by atoms with van der Waals surface area (Å²) < 4.78 is 4.79. The van der Waals surface area contributed by atoms with Gasteiger partial charge in [0.25, 0.3) is 0 Å². The summed E-state index contributed by atoms with van der Waals surface area (Å²) in [6.07, 6.45) is 0. The van der Waals surface area contributed by atoms with Crippen LogP contribution in [0.1, 0.15) is 0 Å². The number of hydrogen-bond acceptors (Lipinski definition) is 3. The van der Waals surface area contributed by atoms with Crippen molar-refractivity contribution < 1.29 is 0 Å². The summed E-state index contributed by atoms with van der Waals surface area (Å²) in [5.41, 5.74) is 7.61. The van der Waals surface area contributed by atoms with Crippen LogP contribution in [0.4, 0.5) is 0 Å². The van der Waals surface area contributed by atoms with Crippen LogP contribution in [0, 0.1) is 0 Å². The number of thiophene rings is 1. The van der Waals surface area contributed by atoms with Gasteiger partial charge in [-0.25, -0.2) is 9.97 Å². The van der Waals surface area contributed by atoms with Gasteiger partial charge in [0.15, 0.2) is 5.82 Å². The van der Waals surface area contributed by atoms with E-state index < -0.39 is 0 Å². The zero-order valence-electron chi connectivity index (χ0n) is 29.0. The van der Waals surface area contributed by atoms with Crippen molar-refractivity contribution >= 4 is 96.5 Å².